The maximum atomic E-state index is 13.6. The van der Waals surface area contributed by atoms with E-state index in [9.17, 15) is 28.1 Å². The smallest absolute Gasteiger partial charge is 0.272 e. The van der Waals surface area contributed by atoms with Crippen molar-refractivity contribution in [3.05, 3.63) is 69.5 Å². The molecule has 0 bridgehead atoms. The van der Waals surface area contributed by atoms with Crippen LogP contribution in [0, 0.1) is 27.6 Å². The van der Waals surface area contributed by atoms with E-state index in [4.69, 9.17) is 0 Å². The fraction of sp³-hybridized carbons (Fsp3) is 0.133. The number of nitro benzene ring substituents is 1. The molecule has 2 aromatic rings. The van der Waals surface area contributed by atoms with Gasteiger partial charge in [0, 0.05) is 19.2 Å². The van der Waals surface area contributed by atoms with Crippen molar-refractivity contribution in [1.29, 1.82) is 0 Å². The van der Waals surface area contributed by atoms with E-state index in [1.807, 2.05) is 0 Å². The number of carbonyl (C=O) groups is 1. The second kappa shape index (κ2) is 7.44. The van der Waals surface area contributed by atoms with Crippen LogP contribution in [0.1, 0.15) is 10.4 Å². The van der Waals surface area contributed by atoms with Gasteiger partial charge in [-0.15, -0.1) is 0 Å². The van der Waals surface area contributed by atoms with Crippen LogP contribution >= 0.6 is 0 Å². The molecule has 0 radical (unpaired) electrons. The normalized spacial score (nSPS) is 10.3. The summed E-state index contributed by atoms with van der Waals surface area (Å²) in [4.78, 5) is 21.5. The molecule has 126 valence electrons. The monoisotopic (exact) mass is 339 g/mol. The van der Waals surface area contributed by atoms with Crippen molar-refractivity contribution in [2.75, 3.05) is 18.4 Å². The van der Waals surface area contributed by atoms with E-state index in [0.29, 0.717) is 0 Å². The molecule has 0 fully saturated rings. The van der Waals surface area contributed by atoms with Gasteiger partial charge in [0.2, 0.25) is 0 Å². The molecule has 0 spiro atoms. The number of non-ortho nitro benzene ring substituents is 1. The standard InChI is InChI=1S/C15H12F3N3O3/c16-10-2-1-3-11(17)14(10)15(22)20-7-6-19-13-5-4-9(21(23)24)8-12(13)18/h1-5,8,19H,6-7H2,(H,20,22). The Labute approximate surface area is 134 Å². The highest BCUT2D eigenvalue weighted by Gasteiger charge is 2.16. The summed E-state index contributed by atoms with van der Waals surface area (Å²) in [6.45, 7) is 0.0135. The Hall–Kier alpha value is -3.10. The van der Waals surface area contributed by atoms with Crippen LogP contribution < -0.4 is 10.6 Å². The van der Waals surface area contributed by atoms with Gasteiger partial charge in [0.15, 0.2) is 5.82 Å². The lowest BCUT2D eigenvalue weighted by Gasteiger charge is -2.09. The van der Waals surface area contributed by atoms with Gasteiger partial charge in [-0.25, -0.2) is 13.2 Å². The van der Waals surface area contributed by atoms with Gasteiger partial charge in [0.25, 0.3) is 11.6 Å². The first-order valence-corrected chi connectivity index (χ1v) is 6.80. The summed E-state index contributed by atoms with van der Waals surface area (Å²) in [5, 5.41) is 15.4. The topological polar surface area (TPSA) is 84.3 Å². The third-order valence-electron chi connectivity index (χ3n) is 3.08. The first kappa shape index (κ1) is 17.3. The van der Waals surface area contributed by atoms with Gasteiger partial charge in [-0.05, 0) is 18.2 Å². The van der Waals surface area contributed by atoms with Crippen LogP contribution in [0.5, 0.6) is 0 Å². The molecule has 0 heterocycles. The first-order valence-electron chi connectivity index (χ1n) is 6.80. The Bertz CT molecular complexity index is 764. The molecular weight excluding hydrogens is 327 g/mol. The van der Waals surface area contributed by atoms with Crippen molar-refractivity contribution in [1.82, 2.24) is 5.32 Å². The Morgan fingerprint density at radius 1 is 1.04 bits per heavy atom. The zero-order valence-electron chi connectivity index (χ0n) is 12.2. The van der Waals surface area contributed by atoms with Crippen molar-refractivity contribution in [2.24, 2.45) is 0 Å². The number of nitrogens with zero attached hydrogens (tertiary/aromatic N) is 1. The molecule has 0 saturated heterocycles. The lowest BCUT2D eigenvalue weighted by Crippen LogP contribution is -2.30. The quantitative estimate of drug-likeness (QED) is 0.481. The summed E-state index contributed by atoms with van der Waals surface area (Å²) < 4.78 is 40.4. The lowest BCUT2D eigenvalue weighted by atomic mass is 10.2. The molecule has 0 aliphatic carbocycles. The van der Waals surface area contributed by atoms with Crippen molar-refractivity contribution in [3.8, 4) is 0 Å². The molecule has 6 nitrogen and oxygen atoms in total. The van der Waals surface area contributed by atoms with Crippen LogP contribution in [-0.2, 0) is 0 Å². The van der Waals surface area contributed by atoms with Crippen molar-refractivity contribution < 1.29 is 22.9 Å². The maximum Gasteiger partial charge on any atom is 0.272 e. The van der Waals surface area contributed by atoms with E-state index in [0.717, 1.165) is 30.3 Å². The number of halogens is 3. The molecule has 0 aromatic heterocycles. The van der Waals surface area contributed by atoms with Gasteiger partial charge >= 0.3 is 0 Å². The zero-order chi connectivity index (χ0) is 17.7. The van der Waals surface area contributed by atoms with Crippen LogP contribution in [0.25, 0.3) is 0 Å². The largest absolute Gasteiger partial charge is 0.381 e. The summed E-state index contributed by atoms with van der Waals surface area (Å²) in [6.07, 6.45) is 0. The van der Waals surface area contributed by atoms with Gasteiger partial charge < -0.3 is 10.6 Å². The van der Waals surface area contributed by atoms with Crippen molar-refractivity contribution in [2.45, 2.75) is 0 Å². The third kappa shape index (κ3) is 4.00. The summed E-state index contributed by atoms with van der Waals surface area (Å²) in [5.41, 5.74) is -1.08. The van der Waals surface area contributed by atoms with E-state index < -0.39 is 33.8 Å². The molecule has 0 unspecified atom stereocenters. The highest BCUT2D eigenvalue weighted by molar-refractivity contribution is 5.94. The fourth-order valence-corrected chi connectivity index (χ4v) is 1.94. The predicted octanol–water partition coefficient (Wildman–Crippen LogP) is 2.85. The minimum Gasteiger partial charge on any atom is -0.381 e. The van der Waals surface area contributed by atoms with E-state index in [1.54, 1.807) is 0 Å². The van der Waals surface area contributed by atoms with Gasteiger partial charge in [-0.1, -0.05) is 6.07 Å². The minimum atomic E-state index is -0.984. The fourth-order valence-electron chi connectivity index (χ4n) is 1.94. The highest BCUT2D eigenvalue weighted by atomic mass is 19.1. The third-order valence-corrected chi connectivity index (χ3v) is 3.08. The molecule has 0 atom stereocenters. The SMILES string of the molecule is O=C(NCCNc1ccc([N+](=O)[O-])cc1F)c1c(F)cccc1F. The van der Waals surface area contributed by atoms with Gasteiger partial charge in [0.1, 0.15) is 17.2 Å². The molecule has 9 heteroatoms. The molecule has 0 saturated carbocycles. The summed E-state index contributed by atoms with van der Waals surface area (Å²) in [6, 6.07) is 6.13. The average Bonchev–Trinajstić information content (AvgIpc) is 2.52. The number of amides is 1. The molecule has 2 N–H and O–H groups in total. The van der Waals surface area contributed by atoms with Gasteiger partial charge in [-0.2, -0.15) is 0 Å². The number of hydrogen-bond acceptors (Lipinski definition) is 4. The molecule has 2 aromatic carbocycles. The summed E-state index contributed by atoms with van der Waals surface area (Å²) in [5.74, 6) is -3.73. The Kier molecular flexibility index (Phi) is 5.35. The van der Waals surface area contributed by atoms with Crippen LogP contribution in [-0.4, -0.2) is 23.9 Å². The highest BCUT2D eigenvalue weighted by Crippen LogP contribution is 2.20. The van der Waals surface area contributed by atoms with E-state index in [2.05, 4.69) is 10.6 Å². The second-order valence-corrected chi connectivity index (χ2v) is 4.70. The van der Waals surface area contributed by atoms with Gasteiger partial charge in [0.05, 0.1) is 16.7 Å². The summed E-state index contributed by atoms with van der Waals surface area (Å²) >= 11 is 0. The predicted molar refractivity (Wildman–Crippen MR) is 80.2 cm³/mol. The number of anilines is 1. The van der Waals surface area contributed by atoms with Crippen LogP contribution in [0.15, 0.2) is 36.4 Å². The molecule has 24 heavy (non-hydrogen) atoms. The van der Waals surface area contributed by atoms with E-state index >= 15 is 0 Å². The number of rotatable bonds is 6. The van der Waals surface area contributed by atoms with Crippen LogP contribution in [0.2, 0.25) is 0 Å². The minimum absolute atomic E-state index is 0.00641. The molecule has 1 amide bonds. The average molecular weight is 339 g/mol. The first-order chi connectivity index (χ1) is 11.4. The maximum absolute atomic E-state index is 13.6. The Morgan fingerprint density at radius 2 is 1.71 bits per heavy atom. The Balaban J connectivity index is 1.89. The van der Waals surface area contributed by atoms with E-state index in [1.165, 1.54) is 6.07 Å². The molecule has 0 aliphatic heterocycles. The Morgan fingerprint density at radius 3 is 2.29 bits per heavy atom. The summed E-state index contributed by atoms with van der Waals surface area (Å²) in [7, 11) is 0. The number of nitro groups is 1. The number of hydrogen-bond donors (Lipinski definition) is 2. The zero-order valence-corrected chi connectivity index (χ0v) is 12.2. The van der Waals surface area contributed by atoms with Crippen LogP contribution in [0.3, 0.4) is 0 Å². The number of nitrogens with one attached hydrogen (secondary N) is 2. The molecule has 2 rings (SSSR count). The van der Waals surface area contributed by atoms with Crippen LogP contribution in [0.4, 0.5) is 24.5 Å². The molecule has 0 aliphatic rings. The number of carbonyl (C=O) groups excluding carboxylic acids is 1. The lowest BCUT2D eigenvalue weighted by molar-refractivity contribution is -0.385. The molecular formula is C15H12F3N3O3. The van der Waals surface area contributed by atoms with Crippen molar-refractivity contribution in [3.63, 3.8) is 0 Å². The number of benzene rings is 2. The second-order valence-electron chi connectivity index (χ2n) is 4.70. The van der Waals surface area contributed by atoms with E-state index in [-0.39, 0.29) is 24.5 Å². The van der Waals surface area contributed by atoms with Crippen molar-refractivity contribution >= 4 is 17.3 Å². The van der Waals surface area contributed by atoms with Gasteiger partial charge in [-0.3, -0.25) is 14.9 Å².